The van der Waals surface area contributed by atoms with Gasteiger partial charge in [-0.05, 0) is 54.1 Å². The van der Waals surface area contributed by atoms with Crippen LogP contribution >= 0.6 is 0 Å². The van der Waals surface area contributed by atoms with Crippen LogP contribution in [-0.4, -0.2) is 18.4 Å². The van der Waals surface area contributed by atoms with Gasteiger partial charge in [0.2, 0.25) is 5.91 Å². The molecule has 3 aromatic rings. The average Bonchev–Trinajstić information content (AvgIpc) is 2.71. The summed E-state index contributed by atoms with van der Waals surface area (Å²) >= 11 is 0. The molecule has 0 aromatic heterocycles. The first kappa shape index (κ1) is 19.9. The van der Waals surface area contributed by atoms with Gasteiger partial charge in [0.05, 0.1) is 0 Å². The molecule has 2 amide bonds. The molecule has 0 unspecified atom stereocenters. The first-order chi connectivity index (χ1) is 14.0. The highest BCUT2D eigenvalue weighted by molar-refractivity contribution is 5.93. The van der Waals surface area contributed by atoms with Crippen molar-refractivity contribution in [2.45, 2.75) is 6.61 Å². The number of amides is 2. The highest BCUT2D eigenvalue weighted by atomic mass is 19.1. The second kappa shape index (κ2) is 9.36. The van der Waals surface area contributed by atoms with Gasteiger partial charge in [0.1, 0.15) is 23.9 Å². The maximum absolute atomic E-state index is 13.2. The van der Waals surface area contributed by atoms with Crippen molar-refractivity contribution in [1.82, 2.24) is 0 Å². The third kappa shape index (κ3) is 6.07. The van der Waals surface area contributed by atoms with Gasteiger partial charge in [0.15, 0.2) is 6.61 Å². The number of carbonyl (C=O) groups excluding carboxylic acids is 2. The summed E-state index contributed by atoms with van der Waals surface area (Å²) in [6, 6.07) is 19.2. The van der Waals surface area contributed by atoms with Gasteiger partial charge >= 0.3 is 0 Å². The van der Waals surface area contributed by atoms with E-state index in [1.54, 1.807) is 48.5 Å². The van der Waals surface area contributed by atoms with E-state index in [0.717, 1.165) is 0 Å². The molecule has 0 bridgehead atoms. The summed E-state index contributed by atoms with van der Waals surface area (Å²) in [5.41, 5.74) is 6.78. The van der Waals surface area contributed by atoms with Gasteiger partial charge in [-0.25, -0.2) is 4.39 Å². The van der Waals surface area contributed by atoms with Crippen molar-refractivity contribution in [2.75, 3.05) is 11.9 Å². The summed E-state index contributed by atoms with van der Waals surface area (Å²) in [4.78, 5) is 23.1. The van der Waals surface area contributed by atoms with Crippen LogP contribution in [-0.2, 0) is 11.4 Å². The molecule has 29 heavy (non-hydrogen) atoms. The van der Waals surface area contributed by atoms with Crippen molar-refractivity contribution >= 4 is 17.5 Å². The van der Waals surface area contributed by atoms with Crippen molar-refractivity contribution in [1.29, 1.82) is 0 Å². The minimum absolute atomic E-state index is 0.204. The number of nitrogens with two attached hydrogens (primary N) is 1. The van der Waals surface area contributed by atoms with Gasteiger partial charge in [0.25, 0.3) is 5.91 Å². The van der Waals surface area contributed by atoms with Gasteiger partial charge in [-0.2, -0.15) is 0 Å². The Bertz CT molecular complexity index is 1010. The minimum atomic E-state index is -0.534. The zero-order chi connectivity index (χ0) is 20.6. The molecule has 0 heterocycles. The number of carbonyl (C=O) groups is 2. The number of rotatable bonds is 8. The summed E-state index contributed by atoms with van der Waals surface area (Å²) in [6.45, 7) is 0.00383. The van der Waals surface area contributed by atoms with Crippen LogP contribution in [0.1, 0.15) is 15.9 Å². The molecule has 7 heteroatoms. The van der Waals surface area contributed by atoms with Gasteiger partial charge in [-0.3, -0.25) is 9.59 Å². The molecule has 3 N–H and O–H groups in total. The van der Waals surface area contributed by atoms with E-state index in [4.69, 9.17) is 15.2 Å². The predicted molar refractivity (Wildman–Crippen MR) is 106 cm³/mol. The predicted octanol–water partition coefficient (Wildman–Crippen LogP) is 3.52. The lowest BCUT2D eigenvalue weighted by Crippen LogP contribution is -2.20. The normalized spacial score (nSPS) is 10.2. The summed E-state index contributed by atoms with van der Waals surface area (Å²) < 4.78 is 24.2. The van der Waals surface area contributed by atoms with E-state index >= 15 is 0 Å². The lowest BCUT2D eigenvalue weighted by molar-refractivity contribution is -0.118. The number of benzene rings is 3. The van der Waals surface area contributed by atoms with Gasteiger partial charge in [0, 0.05) is 17.3 Å². The van der Waals surface area contributed by atoms with E-state index in [9.17, 15) is 14.0 Å². The molecule has 0 spiro atoms. The smallest absolute Gasteiger partial charge is 0.262 e. The third-order valence-electron chi connectivity index (χ3n) is 3.92. The van der Waals surface area contributed by atoms with Crippen LogP contribution in [0.25, 0.3) is 0 Å². The van der Waals surface area contributed by atoms with Crippen molar-refractivity contribution in [2.24, 2.45) is 5.73 Å². The largest absolute Gasteiger partial charge is 0.489 e. The highest BCUT2D eigenvalue weighted by Gasteiger charge is 2.06. The number of hydrogen-bond donors (Lipinski definition) is 2. The Morgan fingerprint density at radius 2 is 1.66 bits per heavy atom. The Labute approximate surface area is 167 Å². The highest BCUT2D eigenvalue weighted by Crippen LogP contribution is 2.19. The van der Waals surface area contributed by atoms with Crippen molar-refractivity contribution < 1.29 is 23.5 Å². The Morgan fingerprint density at radius 3 is 2.38 bits per heavy atom. The number of nitrogens with one attached hydrogen (secondary N) is 1. The van der Waals surface area contributed by atoms with Gasteiger partial charge < -0.3 is 20.5 Å². The SMILES string of the molecule is NC(=O)c1ccc(OCC(=O)Nc2cccc(OCc3cccc(F)c3)c2)cc1. The fourth-order valence-corrected chi connectivity index (χ4v) is 2.52. The van der Waals surface area contributed by atoms with E-state index in [-0.39, 0.29) is 24.9 Å². The van der Waals surface area contributed by atoms with Crippen LogP contribution in [0.5, 0.6) is 11.5 Å². The van der Waals surface area contributed by atoms with Crippen molar-refractivity contribution in [3.8, 4) is 11.5 Å². The van der Waals surface area contributed by atoms with E-state index in [2.05, 4.69) is 5.32 Å². The lowest BCUT2D eigenvalue weighted by atomic mass is 10.2. The van der Waals surface area contributed by atoms with Crippen LogP contribution in [0.3, 0.4) is 0 Å². The van der Waals surface area contributed by atoms with Crippen LogP contribution in [0, 0.1) is 5.82 Å². The fraction of sp³-hybridized carbons (Fsp3) is 0.0909. The van der Waals surface area contributed by atoms with Crippen LogP contribution in [0.2, 0.25) is 0 Å². The van der Waals surface area contributed by atoms with Crippen molar-refractivity contribution in [3.63, 3.8) is 0 Å². The number of ether oxygens (including phenoxy) is 2. The summed E-state index contributed by atoms with van der Waals surface area (Å²) in [6.07, 6.45) is 0. The summed E-state index contributed by atoms with van der Waals surface area (Å²) in [5.74, 6) is -0.233. The topological polar surface area (TPSA) is 90.7 Å². The Morgan fingerprint density at radius 1 is 0.897 bits per heavy atom. The molecule has 0 fully saturated rings. The number of halogens is 1. The molecule has 0 radical (unpaired) electrons. The van der Waals surface area contributed by atoms with E-state index in [0.29, 0.717) is 28.3 Å². The Kier molecular flexibility index (Phi) is 6.42. The standard InChI is InChI=1S/C22H19FN2O4/c23-17-4-1-3-15(11-17)13-28-20-6-2-5-18(12-20)25-21(26)14-29-19-9-7-16(8-10-19)22(24)27/h1-12H,13-14H2,(H2,24,27)(H,25,26). The zero-order valence-electron chi connectivity index (χ0n) is 15.4. The third-order valence-corrected chi connectivity index (χ3v) is 3.92. The van der Waals surface area contributed by atoms with Gasteiger partial charge in [-0.15, -0.1) is 0 Å². The molecular formula is C22H19FN2O4. The van der Waals surface area contributed by atoms with Crippen LogP contribution < -0.4 is 20.5 Å². The van der Waals surface area contributed by atoms with Crippen LogP contribution in [0.15, 0.2) is 72.8 Å². The van der Waals surface area contributed by atoms with E-state index < -0.39 is 5.91 Å². The summed E-state index contributed by atoms with van der Waals surface area (Å²) in [7, 11) is 0. The minimum Gasteiger partial charge on any atom is -0.489 e. The number of primary amides is 1. The van der Waals surface area contributed by atoms with Crippen LogP contribution in [0.4, 0.5) is 10.1 Å². The zero-order valence-corrected chi connectivity index (χ0v) is 15.4. The number of anilines is 1. The van der Waals surface area contributed by atoms with E-state index in [1.807, 2.05) is 0 Å². The average molecular weight is 394 g/mol. The lowest BCUT2D eigenvalue weighted by Gasteiger charge is -2.10. The fourth-order valence-electron chi connectivity index (χ4n) is 2.52. The molecule has 0 aliphatic rings. The van der Waals surface area contributed by atoms with Gasteiger partial charge in [-0.1, -0.05) is 18.2 Å². The maximum atomic E-state index is 13.2. The maximum Gasteiger partial charge on any atom is 0.262 e. The van der Waals surface area contributed by atoms with E-state index in [1.165, 1.54) is 24.3 Å². The van der Waals surface area contributed by atoms with Crippen molar-refractivity contribution in [3.05, 3.63) is 89.7 Å². The second-order valence-corrected chi connectivity index (χ2v) is 6.17. The molecule has 0 aliphatic heterocycles. The molecule has 0 saturated heterocycles. The molecule has 3 aromatic carbocycles. The Hall–Kier alpha value is -3.87. The number of hydrogen-bond acceptors (Lipinski definition) is 4. The summed E-state index contributed by atoms with van der Waals surface area (Å²) in [5, 5.41) is 2.71. The monoisotopic (exact) mass is 394 g/mol. The Balaban J connectivity index is 1.51. The molecule has 6 nitrogen and oxygen atoms in total. The molecule has 0 atom stereocenters. The second-order valence-electron chi connectivity index (χ2n) is 6.17. The quantitative estimate of drug-likeness (QED) is 0.612. The molecule has 0 saturated carbocycles. The molecule has 0 aliphatic carbocycles. The molecule has 3 rings (SSSR count). The molecular weight excluding hydrogens is 375 g/mol. The molecule has 148 valence electrons. The first-order valence-electron chi connectivity index (χ1n) is 8.79. The first-order valence-corrected chi connectivity index (χ1v) is 8.79.